The van der Waals surface area contributed by atoms with E-state index in [2.05, 4.69) is 30.9 Å². The maximum Gasteiger partial charge on any atom is 0.155 e. The molecule has 0 saturated heterocycles. The lowest BCUT2D eigenvalue weighted by molar-refractivity contribution is 0.292. The summed E-state index contributed by atoms with van der Waals surface area (Å²) in [5.41, 5.74) is 4.14. The Hall–Kier alpha value is -2.55. The van der Waals surface area contributed by atoms with Crippen LogP contribution in [-0.4, -0.2) is 74.5 Å². The Morgan fingerprint density at radius 2 is 1.69 bits per heavy atom. The van der Waals surface area contributed by atoms with Gasteiger partial charge in [0, 0.05) is 38.4 Å². The number of aliphatic hydroxyl groups is 2. The summed E-state index contributed by atoms with van der Waals surface area (Å²) < 4.78 is 0. The predicted molar refractivity (Wildman–Crippen MR) is 107 cm³/mol. The second kappa shape index (κ2) is 10.4. The summed E-state index contributed by atoms with van der Waals surface area (Å²) in [7, 11) is 3.43. The highest BCUT2D eigenvalue weighted by Gasteiger charge is 2.20. The summed E-state index contributed by atoms with van der Waals surface area (Å²) >= 11 is 0. The number of nitrogens with zero attached hydrogens (tertiary/aromatic N) is 3. The number of nitrogens with one attached hydrogen (secondary N) is 3. The second-order valence-corrected chi connectivity index (χ2v) is 5.48. The zero-order valence-corrected chi connectivity index (χ0v) is 15.2. The monoisotopic (exact) mass is 358 g/mol. The van der Waals surface area contributed by atoms with E-state index in [9.17, 15) is 0 Å². The van der Waals surface area contributed by atoms with E-state index in [0.717, 1.165) is 22.7 Å². The Labute approximate surface area is 153 Å². The highest BCUT2D eigenvalue weighted by molar-refractivity contribution is 6.72. The minimum atomic E-state index is 0.0758. The molecule has 1 heterocycles. The summed E-state index contributed by atoms with van der Waals surface area (Å²) in [6, 6.07) is 7.84. The number of allylic oxidation sites excluding steroid dienone is 1. The Balaban J connectivity index is 2.22. The first-order chi connectivity index (χ1) is 12.7. The molecule has 2 rings (SSSR count). The number of benzene rings is 1. The van der Waals surface area contributed by atoms with Gasteiger partial charge in [0.1, 0.15) is 5.71 Å². The summed E-state index contributed by atoms with van der Waals surface area (Å²) in [6.45, 7) is 1.64. The molecule has 0 atom stereocenters. The molecule has 8 nitrogen and oxygen atoms in total. The van der Waals surface area contributed by atoms with Gasteiger partial charge in [0.2, 0.25) is 0 Å². The van der Waals surface area contributed by atoms with Gasteiger partial charge in [0.05, 0.1) is 31.3 Å². The van der Waals surface area contributed by atoms with E-state index in [1.54, 1.807) is 14.1 Å². The van der Waals surface area contributed by atoms with Gasteiger partial charge >= 0.3 is 0 Å². The van der Waals surface area contributed by atoms with Crippen molar-refractivity contribution in [3.05, 3.63) is 35.9 Å². The van der Waals surface area contributed by atoms with Crippen LogP contribution in [0.3, 0.4) is 0 Å². The molecule has 0 amide bonds. The van der Waals surface area contributed by atoms with Crippen molar-refractivity contribution in [3.8, 4) is 0 Å². The van der Waals surface area contributed by atoms with Crippen LogP contribution in [-0.2, 0) is 0 Å². The van der Waals surface area contributed by atoms with E-state index < -0.39 is 0 Å². The van der Waals surface area contributed by atoms with Crippen molar-refractivity contribution in [2.24, 2.45) is 15.0 Å². The number of hydrogen-bond donors (Lipinski definition) is 5. The first-order valence-electron chi connectivity index (χ1n) is 8.48. The van der Waals surface area contributed by atoms with Crippen LogP contribution in [0.15, 0.2) is 45.3 Å². The molecule has 5 N–H and O–H groups in total. The SMILES string of the molecule is C/N=C1/C=C(c2ccc(NCCO)cc2)N=C(NCNCCO)/C1=N/C. The number of rotatable bonds is 8. The highest BCUT2D eigenvalue weighted by Crippen LogP contribution is 2.21. The lowest BCUT2D eigenvalue weighted by atomic mass is 10.0. The van der Waals surface area contributed by atoms with Crippen molar-refractivity contribution in [1.29, 1.82) is 0 Å². The van der Waals surface area contributed by atoms with E-state index in [1.165, 1.54) is 0 Å². The number of anilines is 1. The lowest BCUT2D eigenvalue weighted by Gasteiger charge is -2.18. The first kappa shape index (κ1) is 19.8. The van der Waals surface area contributed by atoms with Crippen LogP contribution in [0.1, 0.15) is 5.56 Å². The molecular weight excluding hydrogens is 332 g/mol. The standard InChI is InChI=1S/C18H26N6O2/c1-19-16-11-15(13-3-5-14(6-4-13)22-8-10-26)24-18(17(16)20-2)23-12-21-7-9-25/h3-6,11,21-22,25-26H,7-10,12H2,1-2H3,(H,23,24)/b19-16-,20-17+. The maximum atomic E-state index is 8.88. The molecule has 140 valence electrons. The van der Waals surface area contributed by atoms with E-state index in [0.29, 0.717) is 31.3 Å². The molecule has 0 aromatic heterocycles. The smallest absolute Gasteiger partial charge is 0.155 e. The van der Waals surface area contributed by atoms with Crippen LogP contribution in [0.25, 0.3) is 5.70 Å². The van der Waals surface area contributed by atoms with Crippen molar-refractivity contribution in [2.45, 2.75) is 0 Å². The molecule has 8 heteroatoms. The van der Waals surface area contributed by atoms with Gasteiger partial charge in [-0.15, -0.1) is 0 Å². The van der Waals surface area contributed by atoms with Crippen LogP contribution < -0.4 is 16.0 Å². The summed E-state index contributed by atoms with van der Waals surface area (Å²) in [4.78, 5) is 13.3. The summed E-state index contributed by atoms with van der Waals surface area (Å²) in [5, 5.41) is 27.1. The molecule has 1 aliphatic heterocycles. The van der Waals surface area contributed by atoms with Crippen molar-refractivity contribution in [1.82, 2.24) is 10.6 Å². The Morgan fingerprint density at radius 1 is 0.962 bits per heavy atom. The third-order valence-electron chi connectivity index (χ3n) is 3.73. The fourth-order valence-corrected chi connectivity index (χ4v) is 2.46. The fourth-order valence-electron chi connectivity index (χ4n) is 2.46. The fraction of sp³-hybridized carbons (Fsp3) is 0.389. The van der Waals surface area contributed by atoms with Crippen molar-refractivity contribution >= 4 is 28.6 Å². The van der Waals surface area contributed by atoms with Gasteiger partial charge in [-0.2, -0.15) is 0 Å². The molecular formula is C18H26N6O2. The van der Waals surface area contributed by atoms with E-state index in [4.69, 9.17) is 10.2 Å². The van der Waals surface area contributed by atoms with Crippen molar-refractivity contribution in [2.75, 3.05) is 52.4 Å². The van der Waals surface area contributed by atoms with Gasteiger partial charge in [0.25, 0.3) is 0 Å². The molecule has 0 fully saturated rings. The Morgan fingerprint density at radius 3 is 2.31 bits per heavy atom. The highest BCUT2D eigenvalue weighted by atomic mass is 16.3. The Kier molecular flexibility index (Phi) is 7.94. The average Bonchev–Trinajstić information content (AvgIpc) is 2.69. The number of aliphatic hydroxyl groups excluding tert-OH is 2. The third-order valence-corrected chi connectivity index (χ3v) is 3.73. The molecule has 1 aromatic rings. The molecule has 1 aromatic carbocycles. The van der Waals surface area contributed by atoms with Gasteiger partial charge in [-0.05, 0) is 18.2 Å². The van der Waals surface area contributed by atoms with Gasteiger partial charge in [0.15, 0.2) is 5.84 Å². The van der Waals surface area contributed by atoms with Crippen LogP contribution in [0, 0.1) is 0 Å². The van der Waals surface area contributed by atoms with Crippen LogP contribution in [0.4, 0.5) is 5.69 Å². The molecule has 0 radical (unpaired) electrons. The van der Waals surface area contributed by atoms with Gasteiger partial charge < -0.3 is 20.8 Å². The van der Waals surface area contributed by atoms with E-state index in [-0.39, 0.29) is 13.2 Å². The summed E-state index contributed by atoms with van der Waals surface area (Å²) in [5.74, 6) is 0.638. The predicted octanol–water partition coefficient (Wildman–Crippen LogP) is 0.114. The van der Waals surface area contributed by atoms with Crippen LogP contribution in [0.5, 0.6) is 0 Å². The largest absolute Gasteiger partial charge is 0.395 e. The number of amidine groups is 1. The molecule has 0 unspecified atom stereocenters. The third kappa shape index (κ3) is 5.22. The minimum Gasteiger partial charge on any atom is -0.395 e. The zero-order valence-electron chi connectivity index (χ0n) is 15.2. The van der Waals surface area contributed by atoms with E-state index >= 15 is 0 Å². The van der Waals surface area contributed by atoms with Crippen molar-refractivity contribution < 1.29 is 10.2 Å². The van der Waals surface area contributed by atoms with Gasteiger partial charge in [-0.3, -0.25) is 15.3 Å². The molecule has 1 aliphatic rings. The normalized spacial score (nSPS) is 17.2. The molecule has 26 heavy (non-hydrogen) atoms. The maximum absolute atomic E-state index is 8.88. The Bertz CT molecular complexity index is 707. The van der Waals surface area contributed by atoms with Gasteiger partial charge in [-0.25, -0.2) is 4.99 Å². The van der Waals surface area contributed by atoms with E-state index in [1.807, 2.05) is 30.3 Å². The average molecular weight is 358 g/mol. The number of hydrogen-bond acceptors (Lipinski definition) is 8. The van der Waals surface area contributed by atoms with Crippen LogP contribution in [0.2, 0.25) is 0 Å². The molecule has 0 saturated carbocycles. The zero-order chi connectivity index (χ0) is 18.8. The van der Waals surface area contributed by atoms with Gasteiger partial charge in [-0.1, -0.05) is 12.1 Å². The topological polar surface area (TPSA) is 114 Å². The number of aliphatic imine (C=N–C) groups is 3. The second-order valence-electron chi connectivity index (χ2n) is 5.48. The first-order valence-corrected chi connectivity index (χ1v) is 8.48. The lowest BCUT2D eigenvalue weighted by Crippen LogP contribution is -2.42. The molecule has 0 spiro atoms. The van der Waals surface area contributed by atoms with Crippen molar-refractivity contribution in [3.63, 3.8) is 0 Å². The van der Waals surface area contributed by atoms with Crippen LogP contribution >= 0.6 is 0 Å². The minimum absolute atomic E-state index is 0.0758. The molecule has 0 aliphatic carbocycles. The quantitative estimate of drug-likeness (QED) is 0.334. The molecule has 0 bridgehead atoms. The summed E-state index contributed by atoms with van der Waals surface area (Å²) in [6.07, 6.45) is 1.91.